The Morgan fingerprint density at radius 2 is 2.29 bits per heavy atom. The van der Waals surface area contributed by atoms with Gasteiger partial charge in [0.2, 0.25) is 0 Å². The minimum atomic E-state index is 0.349. The lowest BCUT2D eigenvalue weighted by Crippen LogP contribution is -2.32. The summed E-state index contributed by atoms with van der Waals surface area (Å²) in [6.45, 7) is 11.3. The number of nitrogens with zero attached hydrogens (tertiary/aromatic N) is 2. The zero-order valence-corrected chi connectivity index (χ0v) is 11.3. The van der Waals surface area contributed by atoms with E-state index in [0.29, 0.717) is 12.1 Å². The summed E-state index contributed by atoms with van der Waals surface area (Å²) in [6, 6.07) is 0.843. The molecular weight excluding hydrogens is 214 g/mol. The average molecular weight is 237 g/mol. The van der Waals surface area contributed by atoms with E-state index in [1.807, 2.05) is 0 Å². The van der Waals surface area contributed by atoms with E-state index in [1.165, 1.54) is 11.3 Å². The molecule has 1 fully saturated rings. The van der Waals surface area contributed by atoms with Gasteiger partial charge in [-0.15, -0.1) is 0 Å². The molecule has 1 aliphatic rings. The summed E-state index contributed by atoms with van der Waals surface area (Å²) in [4.78, 5) is 0. The minimum absolute atomic E-state index is 0.349. The van der Waals surface area contributed by atoms with Crippen molar-refractivity contribution >= 4 is 0 Å². The van der Waals surface area contributed by atoms with Gasteiger partial charge in [0.15, 0.2) is 0 Å². The van der Waals surface area contributed by atoms with E-state index in [0.717, 1.165) is 31.9 Å². The molecule has 0 saturated carbocycles. The number of nitrogens with one attached hydrogen (secondary N) is 1. The molecule has 2 heterocycles. The van der Waals surface area contributed by atoms with Gasteiger partial charge in [-0.2, -0.15) is 5.10 Å². The highest BCUT2D eigenvalue weighted by molar-refractivity contribution is 5.27. The molecule has 2 rings (SSSR count). The maximum Gasteiger partial charge on any atom is 0.0644 e. The molecule has 17 heavy (non-hydrogen) atoms. The fourth-order valence-electron chi connectivity index (χ4n) is 2.75. The Morgan fingerprint density at radius 3 is 2.82 bits per heavy atom. The van der Waals surface area contributed by atoms with Crippen LogP contribution in [0.5, 0.6) is 0 Å². The van der Waals surface area contributed by atoms with E-state index in [2.05, 4.69) is 42.8 Å². The van der Waals surface area contributed by atoms with Gasteiger partial charge in [-0.25, -0.2) is 0 Å². The van der Waals surface area contributed by atoms with Crippen LogP contribution in [0.2, 0.25) is 0 Å². The van der Waals surface area contributed by atoms with Crippen molar-refractivity contribution in [3.8, 4) is 0 Å². The highest BCUT2D eigenvalue weighted by Gasteiger charge is 2.22. The Kier molecular flexibility index (Phi) is 3.84. The third kappa shape index (κ3) is 2.53. The Labute approximate surface area is 103 Å². The molecule has 0 spiro atoms. The first-order valence-electron chi connectivity index (χ1n) is 6.51. The maximum atomic E-state index is 5.40. The lowest BCUT2D eigenvalue weighted by atomic mass is 10.1. The number of hydrogen-bond acceptors (Lipinski definition) is 3. The predicted molar refractivity (Wildman–Crippen MR) is 68.1 cm³/mol. The topological polar surface area (TPSA) is 39.1 Å². The molecule has 0 aliphatic carbocycles. The third-order valence-corrected chi connectivity index (χ3v) is 3.59. The molecule has 0 radical (unpaired) electrons. The van der Waals surface area contributed by atoms with Crippen molar-refractivity contribution in [1.29, 1.82) is 0 Å². The smallest absolute Gasteiger partial charge is 0.0644 e. The van der Waals surface area contributed by atoms with Crippen LogP contribution in [0.3, 0.4) is 0 Å². The fraction of sp³-hybridized carbons (Fsp3) is 0.769. The number of rotatable bonds is 4. The molecule has 0 bridgehead atoms. The van der Waals surface area contributed by atoms with Crippen LogP contribution in [0, 0.1) is 13.8 Å². The van der Waals surface area contributed by atoms with Crippen molar-refractivity contribution < 1.29 is 4.74 Å². The Balaban J connectivity index is 2.12. The molecule has 1 saturated heterocycles. The highest BCUT2D eigenvalue weighted by Crippen LogP contribution is 2.22. The van der Waals surface area contributed by atoms with Gasteiger partial charge in [0.1, 0.15) is 0 Å². The normalized spacial score (nSPS) is 22.0. The molecule has 2 atom stereocenters. The van der Waals surface area contributed by atoms with Crippen molar-refractivity contribution in [2.45, 2.75) is 52.7 Å². The monoisotopic (exact) mass is 237 g/mol. The molecule has 1 N–H and O–H groups in total. The summed E-state index contributed by atoms with van der Waals surface area (Å²) in [5.41, 5.74) is 3.77. The summed E-state index contributed by atoms with van der Waals surface area (Å²) in [7, 11) is 0. The molecule has 4 nitrogen and oxygen atoms in total. The van der Waals surface area contributed by atoms with E-state index in [9.17, 15) is 0 Å². The van der Waals surface area contributed by atoms with E-state index in [4.69, 9.17) is 4.74 Å². The van der Waals surface area contributed by atoms with Crippen LogP contribution in [-0.4, -0.2) is 29.0 Å². The number of aryl methyl sites for hydroxylation is 2. The van der Waals surface area contributed by atoms with Crippen LogP contribution in [0.15, 0.2) is 0 Å². The molecule has 1 aromatic rings. The van der Waals surface area contributed by atoms with Gasteiger partial charge in [-0.05, 0) is 34.1 Å². The molecule has 1 aromatic heterocycles. The van der Waals surface area contributed by atoms with E-state index in [-0.39, 0.29) is 0 Å². The zero-order valence-electron chi connectivity index (χ0n) is 11.3. The first-order valence-corrected chi connectivity index (χ1v) is 6.51. The van der Waals surface area contributed by atoms with E-state index < -0.39 is 0 Å². The zero-order chi connectivity index (χ0) is 12.4. The second kappa shape index (κ2) is 5.19. The van der Waals surface area contributed by atoms with E-state index >= 15 is 0 Å². The number of ether oxygens (including phenoxy) is 1. The van der Waals surface area contributed by atoms with Gasteiger partial charge in [-0.3, -0.25) is 4.68 Å². The van der Waals surface area contributed by atoms with Crippen LogP contribution in [0.25, 0.3) is 0 Å². The summed E-state index contributed by atoms with van der Waals surface area (Å²) in [5, 5.41) is 8.21. The van der Waals surface area contributed by atoms with E-state index in [1.54, 1.807) is 0 Å². The average Bonchev–Trinajstić information content (AvgIpc) is 2.87. The fourth-order valence-corrected chi connectivity index (χ4v) is 2.75. The van der Waals surface area contributed by atoms with Crippen LogP contribution in [-0.2, 0) is 11.3 Å². The summed E-state index contributed by atoms with van der Waals surface area (Å²) >= 11 is 0. The molecule has 2 unspecified atom stereocenters. The number of hydrogen-bond donors (Lipinski definition) is 1. The maximum absolute atomic E-state index is 5.40. The Bertz CT molecular complexity index is 380. The Hall–Kier alpha value is -0.870. The van der Waals surface area contributed by atoms with Gasteiger partial charge in [0.25, 0.3) is 0 Å². The molecule has 4 heteroatoms. The number of aromatic nitrogens is 2. The van der Waals surface area contributed by atoms with Gasteiger partial charge < -0.3 is 10.1 Å². The van der Waals surface area contributed by atoms with Gasteiger partial charge in [0.05, 0.1) is 12.3 Å². The lowest BCUT2D eigenvalue weighted by Gasteiger charge is -2.19. The molecule has 1 aliphatic heterocycles. The summed E-state index contributed by atoms with van der Waals surface area (Å²) in [6.07, 6.45) is 1.12. The second-order valence-corrected chi connectivity index (χ2v) is 4.85. The van der Waals surface area contributed by atoms with Gasteiger partial charge in [0, 0.05) is 36.5 Å². The van der Waals surface area contributed by atoms with Crippen molar-refractivity contribution in [1.82, 2.24) is 15.1 Å². The second-order valence-electron chi connectivity index (χ2n) is 4.85. The quantitative estimate of drug-likeness (QED) is 0.870. The standard InChI is InChI=1S/C13H23N3O/c1-5-16-11(4)13(10(3)15-16)9(2)14-12-6-7-17-8-12/h9,12,14H,5-8H2,1-4H3. The van der Waals surface area contributed by atoms with Crippen LogP contribution >= 0.6 is 0 Å². The first kappa shape index (κ1) is 12.6. The Morgan fingerprint density at radius 1 is 1.53 bits per heavy atom. The largest absolute Gasteiger partial charge is 0.380 e. The van der Waals surface area contributed by atoms with Crippen molar-refractivity contribution in [2.24, 2.45) is 0 Å². The van der Waals surface area contributed by atoms with Crippen molar-refractivity contribution in [3.05, 3.63) is 17.0 Å². The van der Waals surface area contributed by atoms with Crippen LogP contribution in [0.1, 0.15) is 43.3 Å². The van der Waals surface area contributed by atoms with Crippen molar-refractivity contribution in [3.63, 3.8) is 0 Å². The molecular formula is C13H23N3O. The van der Waals surface area contributed by atoms with Crippen LogP contribution in [0.4, 0.5) is 0 Å². The minimum Gasteiger partial charge on any atom is -0.380 e. The van der Waals surface area contributed by atoms with Gasteiger partial charge >= 0.3 is 0 Å². The molecule has 96 valence electrons. The third-order valence-electron chi connectivity index (χ3n) is 3.59. The molecule has 0 amide bonds. The van der Waals surface area contributed by atoms with Gasteiger partial charge in [-0.1, -0.05) is 0 Å². The molecule has 0 aromatic carbocycles. The highest BCUT2D eigenvalue weighted by atomic mass is 16.5. The first-order chi connectivity index (χ1) is 8.13. The summed E-state index contributed by atoms with van der Waals surface area (Å²) in [5.74, 6) is 0. The summed E-state index contributed by atoms with van der Waals surface area (Å²) < 4.78 is 7.47. The lowest BCUT2D eigenvalue weighted by molar-refractivity contribution is 0.188. The predicted octanol–water partition coefficient (Wildman–Crippen LogP) is 1.96. The SMILES string of the molecule is CCn1nc(C)c(C(C)NC2CCOC2)c1C. The van der Waals surface area contributed by atoms with Crippen molar-refractivity contribution in [2.75, 3.05) is 13.2 Å². The van der Waals surface area contributed by atoms with Crippen LogP contribution < -0.4 is 5.32 Å².